The van der Waals surface area contributed by atoms with Crippen molar-refractivity contribution < 1.29 is 4.79 Å². The summed E-state index contributed by atoms with van der Waals surface area (Å²) < 4.78 is 1.71. The van der Waals surface area contributed by atoms with Crippen LogP contribution in [0.1, 0.15) is 19.5 Å². The fourth-order valence-corrected chi connectivity index (χ4v) is 3.10. The van der Waals surface area contributed by atoms with Gasteiger partial charge in [-0.1, -0.05) is 30.7 Å². The number of hydrogen-bond donors (Lipinski definition) is 1. The van der Waals surface area contributed by atoms with Gasteiger partial charge < -0.3 is 5.32 Å². The number of nitrogens with one attached hydrogen (secondary N) is 1. The number of likely N-dealkylation sites (N-methyl/N-ethyl adjacent to an activating group) is 1. The SMILES string of the molecule is C=C[B]C(C)(C(=O)NCC)c1ccnc2c(-c3ccc(Cl)cc3)cnn12. The number of carbonyl (C=O) groups is 1. The summed E-state index contributed by atoms with van der Waals surface area (Å²) in [5, 5.41) is 7.14. The third-order valence-electron chi connectivity index (χ3n) is 4.35. The van der Waals surface area contributed by atoms with Crippen molar-refractivity contribution >= 4 is 30.4 Å². The van der Waals surface area contributed by atoms with Crippen molar-refractivity contribution in [3.63, 3.8) is 0 Å². The maximum absolute atomic E-state index is 12.7. The van der Waals surface area contributed by atoms with Crippen molar-refractivity contribution in [2.45, 2.75) is 19.2 Å². The van der Waals surface area contributed by atoms with Gasteiger partial charge in [-0.2, -0.15) is 5.10 Å². The van der Waals surface area contributed by atoms with E-state index in [2.05, 4.69) is 22.0 Å². The van der Waals surface area contributed by atoms with Gasteiger partial charge in [-0.25, -0.2) is 9.50 Å². The Morgan fingerprint density at radius 1 is 1.38 bits per heavy atom. The molecule has 1 aromatic carbocycles. The summed E-state index contributed by atoms with van der Waals surface area (Å²) in [7, 11) is 1.77. The van der Waals surface area contributed by atoms with Gasteiger partial charge in [-0.15, -0.1) is 12.6 Å². The van der Waals surface area contributed by atoms with E-state index in [1.54, 1.807) is 36.2 Å². The minimum Gasteiger partial charge on any atom is -0.356 e. The van der Waals surface area contributed by atoms with Gasteiger partial charge in [-0.3, -0.25) is 4.79 Å². The number of halogens is 1. The van der Waals surface area contributed by atoms with E-state index >= 15 is 0 Å². The molecular formula is C19H19BClN4O. The highest BCUT2D eigenvalue weighted by molar-refractivity contribution is 6.52. The van der Waals surface area contributed by atoms with Crippen LogP contribution in [0.5, 0.6) is 0 Å². The van der Waals surface area contributed by atoms with Crippen molar-refractivity contribution in [3.8, 4) is 11.1 Å². The van der Waals surface area contributed by atoms with E-state index in [-0.39, 0.29) is 5.91 Å². The van der Waals surface area contributed by atoms with Gasteiger partial charge >= 0.3 is 0 Å². The Kier molecular flexibility index (Phi) is 5.14. The molecule has 0 aliphatic carbocycles. The summed E-state index contributed by atoms with van der Waals surface area (Å²) >= 11 is 5.98. The number of benzene rings is 1. The molecule has 1 unspecified atom stereocenters. The Hall–Kier alpha value is -2.60. The molecule has 1 atom stereocenters. The van der Waals surface area contributed by atoms with Crippen LogP contribution in [0, 0.1) is 0 Å². The number of hydrogen-bond acceptors (Lipinski definition) is 3. The Labute approximate surface area is 158 Å². The number of amides is 1. The molecule has 7 heteroatoms. The van der Waals surface area contributed by atoms with Crippen LogP contribution in [0.4, 0.5) is 0 Å². The zero-order chi connectivity index (χ0) is 18.7. The summed E-state index contributed by atoms with van der Waals surface area (Å²) in [6, 6.07) is 9.31. The molecule has 0 spiro atoms. The number of aromatic nitrogens is 3. The largest absolute Gasteiger partial charge is 0.356 e. The normalized spacial score (nSPS) is 13.2. The Bertz CT molecular complexity index is 954. The molecule has 0 fully saturated rings. The maximum Gasteiger partial charge on any atom is 0.224 e. The number of carbonyl (C=O) groups excluding carboxylic acids is 1. The van der Waals surface area contributed by atoms with Crippen LogP contribution < -0.4 is 5.32 Å². The minimum absolute atomic E-state index is 0.115. The molecular weight excluding hydrogens is 347 g/mol. The molecule has 2 aromatic heterocycles. The average Bonchev–Trinajstić information content (AvgIpc) is 3.06. The maximum atomic E-state index is 12.7. The predicted octanol–water partition coefficient (Wildman–Crippen LogP) is 3.25. The Balaban J connectivity index is 2.17. The van der Waals surface area contributed by atoms with Crippen LogP contribution in [0.15, 0.2) is 55.3 Å². The highest BCUT2D eigenvalue weighted by Gasteiger charge is 2.37. The molecule has 3 aromatic rings. The third kappa shape index (κ3) is 3.12. The van der Waals surface area contributed by atoms with Crippen LogP contribution in [-0.2, 0) is 10.1 Å². The molecule has 3 rings (SSSR count). The lowest BCUT2D eigenvalue weighted by molar-refractivity contribution is -0.123. The minimum atomic E-state index is -0.914. The van der Waals surface area contributed by atoms with Gasteiger partial charge in [0.2, 0.25) is 5.91 Å². The summed E-state index contributed by atoms with van der Waals surface area (Å²) in [6.07, 6.45) is 3.45. The second-order valence-corrected chi connectivity index (χ2v) is 6.53. The van der Waals surface area contributed by atoms with Crippen molar-refractivity contribution in [1.82, 2.24) is 19.9 Å². The van der Waals surface area contributed by atoms with E-state index < -0.39 is 5.31 Å². The molecule has 1 amide bonds. The number of nitrogens with zero attached hydrogens (tertiary/aromatic N) is 3. The average molecular weight is 366 g/mol. The van der Waals surface area contributed by atoms with Crippen molar-refractivity contribution in [2.75, 3.05) is 6.54 Å². The highest BCUT2D eigenvalue weighted by Crippen LogP contribution is 2.29. The Morgan fingerprint density at radius 2 is 2.12 bits per heavy atom. The molecule has 0 bridgehead atoms. The van der Waals surface area contributed by atoms with Crippen LogP contribution in [-0.4, -0.2) is 34.3 Å². The zero-order valence-corrected chi connectivity index (χ0v) is 15.5. The highest BCUT2D eigenvalue weighted by atomic mass is 35.5. The van der Waals surface area contributed by atoms with E-state index in [4.69, 9.17) is 11.6 Å². The van der Waals surface area contributed by atoms with E-state index in [1.165, 1.54) is 0 Å². The molecule has 0 saturated heterocycles. The summed E-state index contributed by atoms with van der Waals surface area (Å²) in [4.78, 5) is 17.2. The van der Waals surface area contributed by atoms with Gasteiger partial charge in [-0.05, 0) is 30.7 Å². The first-order valence-electron chi connectivity index (χ1n) is 8.35. The van der Waals surface area contributed by atoms with E-state index in [9.17, 15) is 4.79 Å². The first-order valence-corrected chi connectivity index (χ1v) is 8.73. The van der Waals surface area contributed by atoms with Crippen LogP contribution in [0.25, 0.3) is 16.8 Å². The van der Waals surface area contributed by atoms with Crippen LogP contribution in [0.2, 0.25) is 5.02 Å². The predicted molar refractivity (Wildman–Crippen MR) is 105 cm³/mol. The van der Waals surface area contributed by atoms with Gasteiger partial charge in [0.05, 0.1) is 17.2 Å². The second-order valence-electron chi connectivity index (χ2n) is 6.09. The zero-order valence-electron chi connectivity index (χ0n) is 14.7. The van der Waals surface area contributed by atoms with Crippen LogP contribution in [0.3, 0.4) is 0 Å². The van der Waals surface area contributed by atoms with Crippen molar-refractivity contribution in [1.29, 1.82) is 0 Å². The lowest BCUT2D eigenvalue weighted by Gasteiger charge is -2.27. The summed E-state index contributed by atoms with van der Waals surface area (Å²) in [5.41, 5.74) is 3.23. The third-order valence-corrected chi connectivity index (χ3v) is 4.60. The van der Waals surface area contributed by atoms with Gasteiger partial charge in [0.15, 0.2) is 12.9 Å². The fourth-order valence-electron chi connectivity index (χ4n) is 2.98. The molecule has 2 heterocycles. The van der Waals surface area contributed by atoms with Crippen LogP contribution >= 0.6 is 11.6 Å². The lowest BCUT2D eigenvalue weighted by Crippen LogP contribution is -2.47. The monoisotopic (exact) mass is 365 g/mol. The lowest BCUT2D eigenvalue weighted by atomic mass is 9.51. The smallest absolute Gasteiger partial charge is 0.224 e. The quantitative estimate of drug-likeness (QED) is 0.682. The molecule has 0 saturated carbocycles. The standard InChI is InChI=1S/C19H19BClN4O/c1-4-20-19(3,18(26)22-5-2)16-10-11-23-17-15(12-24-25(16)17)13-6-8-14(21)9-7-13/h4,6-12H,1,5H2,2-3H3,(H,22,26). The molecule has 0 aliphatic rings. The van der Waals surface area contributed by atoms with Gasteiger partial charge in [0.25, 0.3) is 0 Å². The molecule has 1 radical (unpaired) electrons. The number of rotatable bonds is 6. The first kappa shape index (κ1) is 18.2. The molecule has 26 heavy (non-hydrogen) atoms. The Morgan fingerprint density at radius 3 is 2.77 bits per heavy atom. The van der Waals surface area contributed by atoms with E-state index in [0.717, 1.165) is 11.1 Å². The fraction of sp³-hybridized carbons (Fsp3) is 0.211. The molecule has 0 aliphatic heterocycles. The number of fused-ring (bicyclic) bond motifs is 1. The molecule has 5 nitrogen and oxygen atoms in total. The summed E-state index contributed by atoms with van der Waals surface area (Å²) in [6.45, 7) is 8.04. The summed E-state index contributed by atoms with van der Waals surface area (Å²) in [5.74, 6) is 1.52. The van der Waals surface area contributed by atoms with Gasteiger partial charge in [0.1, 0.15) is 0 Å². The topological polar surface area (TPSA) is 59.3 Å². The molecule has 1 N–H and O–H groups in total. The van der Waals surface area contributed by atoms with Crippen molar-refractivity contribution in [2.24, 2.45) is 0 Å². The van der Waals surface area contributed by atoms with E-state index in [1.807, 2.05) is 38.1 Å². The van der Waals surface area contributed by atoms with E-state index in [0.29, 0.717) is 22.9 Å². The van der Waals surface area contributed by atoms with Gasteiger partial charge in [0, 0.05) is 23.3 Å². The molecule has 131 valence electrons. The second kappa shape index (κ2) is 7.34. The van der Waals surface area contributed by atoms with Crippen molar-refractivity contribution in [3.05, 3.63) is 66.0 Å². The first-order chi connectivity index (χ1) is 12.5.